The van der Waals surface area contributed by atoms with Crippen LogP contribution in [0, 0.1) is 5.92 Å². The fraction of sp³-hybridized carbons (Fsp3) is 0.667. The van der Waals surface area contributed by atoms with Gasteiger partial charge in [-0.15, -0.1) is 5.10 Å². The summed E-state index contributed by atoms with van der Waals surface area (Å²) < 4.78 is 2.43. The zero-order valence-electron chi connectivity index (χ0n) is 8.62. The number of ketones is 1. The minimum atomic E-state index is 0.106. The molecule has 78 valence electrons. The van der Waals surface area contributed by atoms with E-state index in [9.17, 15) is 4.79 Å². The lowest BCUT2D eigenvalue weighted by molar-refractivity contribution is -0.121. The fourth-order valence-corrected chi connectivity index (χ4v) is 1.67. The van der Waals surface area contributed by atoms with Gasteiger partial charge in [0.25, 0.3) is 0 Å². The van der Waals surface area contributed by atoms with Crippen LogP contribution in [0.4, 0.5) is 0 Å². The molecule has 0 aromatic carbocycles. The van der Waals surface area contributed by atoms with Gasteiger partial charge in [0.15, 0.2) is 4.60 Å². The van der Waals surface area contributed by atoms with E-state index in [-0.39, 0.29) is 11.7 Å². The first-order valence-corrected chi connectivity index (χ1v) is 5.38. The first kappa shape index (κ1) is 11.4. The summed E-state index contributed by atoms with van der Waals surface area (Å²) in [5.74, 6) is 0.382. The minimum Gasteiger partial charge on any atom is -0.299 e. The molecule has 0 fully saturated rings. The Morgan fingerprint density at radius 3 is 2.64 bits per heavy atom. The first-order chi connectivity index (χ1) is 6.52. The monoisotopic (exact) mass is 259 g/mol. The van der Waals surface area contributed by atoms with Crippen molar-refractivity contribution in [2.45, 2.75) is 26.7 Å². The standard InChI is InChI=1S/C9H14BrN3O/c1-6(2)8(14)5-4-7-9(10)11-12-13(7)3/h6H,4-5H2,1-3H3. The number of carbonyl (C=O) groups is 1. The van der Waals surface area contributed by atoms with E-state index < -0.39 is 0 Å². The largest absolute Gasteiger partial charge is 0.299 e. The quantitative estimate of drug-likeness (QED) is 0.828. The molecular formula is C9H14BrN3O. The van der Waals surface area contributed by atoms with Gasteiger partial charge in [-0.3, -0.25) is 9.48 Å². The van der Waals surface area contributed by atoms with Crippen molar-refractivity contribution in [3.05, 3.63) is 10.3 Å². The third-order valence-electron chi connectivity index (χ3n) is 2.15. The molecule has 0 N–H and O–H groups in total. The summed E-state index contributed by atoms with van der Waals surface area (Å²) in [6.07, 6.45) is 1.25. The Morgan fingerprint density at radius 2 is 2.21 bits per heavy atom. The van der Waals surface area contributed by atoms with Crippen LogP contribution >= 0.6 is 15.9 Å². The van der Waals surface area contributed by atoms with Crippen molar-refractivity contribution in [2.24, 2.45) is 13.0 Å². The average molecular weight is 260 g/mol. The van der Waals surface area contributed by atoms with Gasteiger partial charge in [0.2, 0.25) is 0 Å². The molecule has 0 aliphatic rings. The second-order valence-electron chi connectivity index (χ2n) is 3.57. The first-order valence-electron chi connectivity index (χ1n) is 4.59. The minimum absolute atomic E-state index is 0.106. The van der Waals surface area contributed by atoms with Crippen LogP contribution in [0.15, 0.2) is 4.60 Å². The zero-order chi connectivity index (χ0) is 10.7. The second kappa shape index (κ2) is 4.68. The summed E-state index contributed by atoms with van der Waals surface area (Å²) in [7, 11) is 1.83. The van der Waals surface area contributed by atoms with E-state index in [0.717, 1.165) is 10.3 Å². The Balaban J connectivity index is 2.58. The molecule has 0 aliphatic heterocycles. The van der Waals surface area contributed by atoms with Crippen molar-refractivity contribution in [3.8, 4) is 0 Å². The Morgan fingerprint density at radius 1 is 1.57 bits per heavy atom. The molecule has 0 bridgehead atoms. The van der Waals surface area contributed by atoms with Crippen LogP contribution in [0.3, 0.4) is 0 Å². The highest BCUT2D eigenvalue weighted by molar-refractivity contribution is 9.10. The van der Waals surface area contributed by atoms with E-state index in [0.29, 0.717) is 12.8 Å². The molecule has 5 heteroatoms. The van der Waals surface area contributed by atoms with Gasteiger partial charge in [0.1, 0.15) is 5.78 Å². The highest BCUT2D eigenvalue weighted by Crippen LogP contribution is 2.14. The third-order valence-corrected chi connectivity index (χ3v) is 2.76. The average Bonchev–Trinajstić information content (AvgIpc) is 2.43. The normalized spacial score (nSPS) is 10.9. The number of hydrogen-bond donors (Lipinski definition) is 0. The number of nitrogens with zero attached hydrogens (tertiary/aromatic N) is 3. The topological polar surface area (TPSA) is 47.8 Å². The Labute approximate surface area is 91.8 Å². The molecule has 0 spiro atoms. The maximum Gasteiger partial charge on any atom is 0.151 e. The van der Waals surface area contributed by atoms with Crippen LogP contribution in [-0.2, 0) is 18.3 Å². The molecule has 14 heavy (non-hydrogen) atoms. The third kappa shape index (κ3) is 2.64. The van der Waals surface area contributed by atoms with E-state index in [2.05, 4.69) is 26.2 Å². The lowest BCUT2D eigenvalue weighted by Gasteiger charge is -2.03. The van der Waals surface area contributed by atoms with Gasteiger partial charge < -0.3 is 0 Å². The van der Waals surface area contributed by atoms with Crippen LogP contribution in [0.1, 0.15) is 26.0 Å². The van der Waals surface area contributed by atoms with Gasteiger partial charge in [-0.05, 0) is 22.4 Å². The fourth-order valence-electron chi connectivity index (χ4n) is 1.15. The summed E-state index contributed by atoms with van der Waals surface area (Å²) in [5.41, 5.74) is 0.971. The number of hydrogen-bond acceptors (Lipinski definition) is 3. The molecule has 1 aromatic rings. The Bertz CT molecular complexity index is 313. The number of aryl methyl sites for hydroxylation is 1. The number of aromatic nitrogens is 3. The lowest BCUT2D eigenvalue weighted by atomic mass is 10.0. The van der Waals surface area contributed by atoms with Crippen molar-refractivity contribution in [3.63, 3.8) is 0 Å². The summed E-state index contributed by atoms with van der Waals surface area (Å²) in [6.45, 7) is 3.83. The van der Waals surface area contributed by atoms with E-state index in [1.807, 2.05) is 20.9 Å². The number of carbonyl (C=O) groups excluding carboxylic acids is 1. The number of halogens is 1. The van der Waals surface area contributed by atoms with E-state index >= 15 is 0 Å². The van der Waals surface area contributed by atoms with Gasteiger partial charge >= 0.3 is 0 Å². The maximum absolute atomic E-state index is 11.4. The zero-order valence-corrected chi connectivity index (χ0v) is 10.2. The molecule has 0 saturated heterocycles. The van der Waals surface area contributed by atoms with E-state index in [1.54, 1.807) is 4.68 Å². The predicted octanol–water partition coefficient (Wildman–Crippen LogP) is 1.74. The second-order valence-corrected chi connectivity index (χ2v) is 4.32. The van der Waals surface area contributed by atoms with Crippen LogP contribution in [0.25, 0.3) is 0 Å². The van der Waals surface area contributed by atoms with Gasteiger partial charge in [-0.2, -0.15) is 0 Å². The van der Waals surface area contributed by atoms with E-state index in [1.165, 1.54) is 0 Å². The van der Waals surface area contributed by atoms with Crippen molar-refractivity contribution in [2.75, 3.05) is 0 Å². The molecule has 0 amide bonds. The molecule has 4 nitrogen and oxygen atoms in total. The van der Waals surface area contributed by atoms with Crippen LogP contribution in [0.2, 0.25) is 0 Å². The Kier molecular flexibility index (Phi) is 3.80. The molecular weight excluding hydrogens is 246 g/mol. The summed E-state index contributed by atoms with van der Waals surface area (Å²) in [4.78, 5) is 11.4. The molecule has 1 aromatic heterocycles. The van der Waals surface area contributed by atoms with E-state index in [4.69, 9.17) is 0 Å². The molecule has 0 aliphatic carbocycles. The van der Waals surface area contributed by atoms with Crippen molar-refractivity contribution in [1.82, 2.24) is 15.0 Å². The van der Waals surface area contributed by atoms with Crippen molar-refractivity contribution >= 4 is 21.7 Å². The molecule has 0 atom stereocenters. The molecule has 1 heterocycles. The van der Waals surface area contributed by atoms with Crippen LogP contribution < -0.4 is 0 Å². The van der Waals surface area contributed by atoms with Crippen LogP contribution in [-0.4, -0.2) is 20.8 Å². The summed E-state index contributed by atoms with van der Waals surface area (Å²) in [5, 5.41) is 7.70. The smallest absolute Gasteiger partial charge is 0.151 e. The number of Topliss-reactive ketones (excluding diaryl/α,β-unsaturated/α-hetero) is 1. The summed E-state index contributed by atoms with van der Waals surface area (Å²) >= 11 is 3.30. The van der Waals surface area contributed by atoms with Gasteiger partial charge in [-0.25, -0.2) is 0 Å². The van der Waals surface area contributed by atoms with Gasteiger partial charge in [0, 0.05) is 19.4 Å². The van der Waals surface area contributed by atoms with Gasteiger partial charge in [-0.1, -0.05) is 19.1 Å². The SMILES string of the molecule is CC(C)C(=O)CCc1c(Br)nnn1C. The maximum atomic E-state index is 11.4. The molecule has 0 unspecified atom stereocenters. The molecule has 1 rings (SSSR count). The van der Waals surface area contributed by atoms with Gasteiger partial charge in [0.05, 0.1) is 5.69 Å². The summed E-state index contributed by atoms with van der Waals surface area (Å²) in [6, 6.07) is 0. The predicted molar refractivity (Wildman–Crippen MR) is 56.9 cm³/mol. The highest BCUT2D eigenvalue weighted by atomic mass is 79.9. The highest BCUT2D eigenvalue weighted by Gasteiger charge is 2.12. The Hall–Kier alpha value is -0.710. The molecule has 0 saturated carbocycles. The van der Waals surface area contributed by atoms with Crippen molar-refractivity contribution < 1.29 is 4.79 Å². The number of rotatable bonds is 4. The lowest BCUT2D eigenvalue weighted by Crippen LogP contribution is -2.09. The van der Waals surface area contributed by atoms with Crippen molar-refractivity contribution in [1.29, 1.82) is 0 Å². The van der Waals surface area contributed by atoms with Crippen LogP contribution in [0.5, 0.6) is 0 Å². The molecule has 0 radical (unpaired) electrons.